The minimum atomic E-state index is -0.507. The van der Waals surface area contributed by atoms with E-state index in [0.717, 1.165) is 16.8 Å². The molecule has 1 amide bonds. The smallest absolute Gasteiger partial charge is 0.266 e. The van der Waals surface area contributed by atoms with Crippen molar-refractivity contribution in [1.82, 2.24) is 5.01 Å². The molecule has 0 aliphatic carbocycles. The Morgan fingerprint density at radius 2 is 1.85 bits per heavy atom. The zero-order valence-electron chi connectivity index (χ0n) is 13.3. The number of nitro groups is 1. The van der Waals surface area contributed by atoms with Crippen LogP contribution in [0.4, 0.5) is 5.69 Å². The highest BCUT2D eigenvalue weighted by molar-refractivity contribution is 8.26. The molecule has 0 saturated carbocycles. The average molecular weight is 438 g/mol. The molecule has 3 rings (SSSR count). The Bertz CT molecular complexity index is 1000. The molecule has 0 spiro atoms. The number of hydrazone groups is 1. The van der Waals surface area contributed by atoms with Crippen LogP contribution >= 0.6 is 47.2 Å². The van der Waals surface area contributed by atoms with E-state index in [1.165, 1.54) is 24.4 Å². The summed E-state index contributed by atoms with van der Waals surface area (Å²) in [7, 11) is 0. The Morgan fingerprint density at radius 1 is 1.19 bits per heavy atom. The fourth-order valence-electron chi connectivity index (χ4n) is 2.18. The molecule has 6 nitrogen and oxygen atoms in total. The van der Waals surface area contributed by atoms with Gasteiger partial charge < -0.3 is 0 Å². The third-order valence-electron chi connectivity index (χ3n) is 3.45. The molecule has 0 aromatic heterocycles. The number of thiocarbonyl (C=S) groups is 1. The van der Waals surface area contributed by atoms with Gasteiger partial charge in [0.15, 0.2) is 4.32 Å². The van der Waals surface area contributed by atoms with Gasteiger partial charge >= 0.3 is 0 Å². The van der Waals surface area contributed by atoms with E-state index in [1.54, 1.807) is 30.3 Å². The second-order valence-corrected chi connectivity index (χ2v) is 7.72. The average Bonchev–Trinajstić information content (AvgIpc) is 2.90. The van der Waals surface area contributed by atoms with Crippen LogP contribution in [0.15, 0.2) is 52.5 Å². The largest absolute Gasteiger partial charge is 0.286 e. The molecule has 10 heteroatoms. The van der Waals surface area contributed by atoms with E-state index >= 15 is 0 Å². The number of thioether (sulfide) groups is 1. The fraction of sp³-hybridized carbons (Fsp3) is 0. The van der Waals surface area contributed by atoms with Gasteiger partial charge in [-0.05, 0) is 30.4 Å². The summed E-state index contributed by atoms with van der Waals surface area (Å²) in [6.07, 6.45) is 2.90. The van der Waals surface area contributed by atoms with E-state index < -0.39 is 10.8 Å². The Morgan fingerprint density at radius 3 is 2.52 bits per heavy atom. The van der Waals surface area contributed by atoms with Crippen molar-refractivity contribution < 1.29 is 9.72 Å². The summed E-state index contributed by atoms with van der Waals surface area (Å²) in [6.45, 7) is 0. The quantitative estimate of drug-likeness (QED) is 0.217. The number of amides is 1. The molecule has 1 fully saturated rings. The summed E-state index contributed by atoms with van der Waals surface area (Å²) in [5, 5.41) is 16.8. The van der Waals surface area contributed by atoms with Gasteiger partial charge in [-0.25, -0.2) is 0 Å². The molecule has 2 aromatic carbocycles. The van der Waals surface area contributed by atoms with Gasteiger partial charge in [-0.1, -0.05) is 53.2 Å². The number of hydrogen-bond donors (Lipinski definition) is 0. The van der Waals surface area contributed by atoms with Crippen LogP contribution in [0.25, 0.3) is 6.08 Å². The topological polar surface area (TPSA) is 75.8 Å². The van der Waals surface area contributed by atoms with Crippen LogP contribution in [0.3, 0.4) is 0 Å². The molecule has 0 N–H and O–H groups in total. The van der Waals surface area contributed by atoms with Crippen molar-refractivity contribution in [3.63, 3.8) is 0 Å². The van der Waals surface area contributed by atoms with Crippen molar-refractivity contribution in [2.75, 3.05) is 0 Å². The summed E-state index contributed by atoms with van der Waals surface area (Å²) < 4.78 is 0.233. The minimum absolute atomic E-state index is 0.0717. The lowest BCUT2D eigenvalue weighted by molar-refractivity contribution is -0.384. The third-order valence-corrected chi connectivity index (χ3v) is 5.39. The second kappa shape index (κ2) is 8.18. The van der Waals surface area contributed by atoms with E-state index in [4.69, 9.17) is 35.4 Å². The highest BCUT2D eigenvalue weighted by Gasteiger charge is 2.32. The molecular weight excluding hydrogens is 429 g/mol. The predicted octanol–water partition coefficient (Wildman–Crippen LogP) is 5.14. The molecule has 0 radical (unpaired) electrons. The van der Waals surface area contributed by atoms with Crippen LogP contribution < -0.4 is 0 Å². The minimum Gasteiger partial charge on any atom is -0.266 e. The van der Waals surface area contributed by atoms with Gasteiger partial charge in [0.2, 0.25) is 0 Å². The predicted molar refractivity (Wildman–Crippen MR) is 112 cm³/mol. The Hall–Kier alpha value is -2.26. The van der Waals surface area contributed by atoms with Crippen molar-refractivity contribution >= 4 is 75.4 Å². The van der Waals surface area contributed by atoms with Gasteiger partial charge in [0.25, 0.3) is 11.6 Å². The summed E-state index contributed by atoms with van der Waals surface area (Å²) in [5.74, 6) is -0.428. The zero-order valence-corrected chi connectivity index (χ0v) is 16.5. The van der Waals surface area contributed by atoms with Crippen molar-refractivity contribution in [2.45, 2.75) is 0 Å². The lowest BCUT2D eigenvalue weighted by Crippen LogP contribution is -2.22. The number of nitrogens with zero attached hydrogens (tertiary/aromatic N) is 3. The molecule has 1 heterocycles. The molecule has 2 aromatic rings. The van der Waals surface area contributed by atoms with Crippen LogP contribution in [0.5, 0.6) is 0 Å². The van der Waals surface area contributed by atoms with Gasteiger partial charge in [0, 0.05) is 33.3 Å². The highest BCUT2D eigenvalue weighted by atomic mass is 35.5. The molecule has 0 atom stereocenters. The fourth-order valence-corrected chi connectivity index (χ4v) is 3.84. The number of rotatable bonds is 4. The van der Waals surface area contributed by atoms with Crippen molar-refractivity contribution in [1.29, 1.82) is 0 Å². The lowest BCUT2D eigenvalue weighted by Gasteiger charge is -2.06. The first-order valence-electron chi connectivity index (χ1n) is 7.37. The summed E-state index contributed by atoms with van der Waals surface area (Å²) in [6, 6.07) is 10.9. The van der Waals surface area contributed by atoms with Gasteiger partial charge in [-0.15, -0.1) is 0 Å². The highest BCUT2D eigenvalue weighted by Crippen LogP contribution is 2.35. The SMILES string of the molecule is O=C1/C(=C\c2c(Cl)cccc2Cl)SC(=S)N1/N=C/c1cccc([N+](=O)[O-])c1. The Balaban J connectivity index is 1.85. The number of benzene rings is 2. The number of hydrogen-bond acceptors (Lipinski definition) is 6. The van der Waals surface area contributed by atoms with Crippen LogP contribution in [0.1, 0.15) is 11.1 Å². The number of carbonyl (C=O) groups is 1. The van der Waals surface area contributed by atoms with Gasteiger partial charge in [-0.3, -0.25) is 14.9 Å². The number of nitro benzene ring substituents is 1. The molecule has 0 bridgehead atoms. The Kier molecular flexibility index (Phi) is 5.91. The second-order valence-electron chi connectivity index (χ2n) is 5.23. The molecule has 27 heavy (non-hydrogen) atoms. The van der Waals surface area contributed by atoms with E-state index in [1.807, 2.05) is 0 Å². The maximum Gasteiger partial charge on any atom is 0.286 e. The van der Waals surface area contributed by atoms with E-state index in [-0.39, 0.29) is 10.0 Å². The molecule has 136 valence electrons. The van der Waals surface area contributed by atoms with Gasteiger partial charge in [-0.2, -0.15) is 10.1 Å². The van der Waals surface area contributed by atoms with Crippen LogP contribution in [0.2, 0.25) is 10.0 Å². The zero-order chi connectivity index (χ0) is 19.6. The van der Waals surface area contributed by atoms with Crippen molar-refractivity contribution in [3.8, 4) is 0 Å². The first-order chi connectivity index (χ1) is 12.9. The number of halogens is 2. The molecule has 1 aliphatic rings. The first-order valence-corrected chi connectivity index (χ1v) is 9.35. The maximum absolute atomic E-state index is 12.6. The van der Waals surface area contributed by atoms with Gasteiger partial charge in [0.05, 0.1) is 16.0 Å². The summed E-state index contributed by atoms with van der Waals surface area (Å²) in [5.41, 5.74) is 0.915. The Labute approximate surface area is 173 Å². The maximum atomic E-state index is 12.6. The van der Waals surface area contributed by atoms with Gasteiger partial charge in [0.1, 0.15) is 0 Å². The van der Waals surface area contributed by atoms with Crippen LogP contribution in [0, 0.1) is 10.1 Å². The van der Waals surface area contributed by atoms with E-state index in [2.05, 4.69) is 5.10 Å². The molecule has 0 unspecified atom stereocenters. The van der Waals surface area contributed by atoms with E-state index in [9.17, 15) is 14.9 Å². The molecular formula is C17H9Cl2N3O3S2. The van der Waals surface area contributed by atoms with E-state index in [0.29, 0.717) is 26.1 Å². The first kappa shape index (κ1) is 19.5. The number of carbonyl (C=O) groups excluding carboxylic acids is 1. The summed E-state index contributed by atoms with van der Waals surface area (Å²) in [4.78, 5) is 23.2. The lowest BCUT2D eigenvalue weighted by atomic mass is 10.2. The summed E-state index contributed by atoms with van der Waals surface area (Å²) >= 11 is 18.5. The third kappa shape index (κ3) is 4.36. The van der Waals surface area contributed by atoms with Crippen molar-refractivity contribution in [2.24, 2.45) is 5.10 Å². The number of non-ortho nitro benzene ring substituents is 1. The standard InChI is InChI=1S/C17H9Cl2N3O3S2/c18-13-5-2-6-14(19)12(13)8-15-16(23)21(17(26)27-15)20-9-10-3-1-4-11(7-10)22(24)25/h1-9H/b15-8+,20-9+. The monoisotopic (exact) mass is 437 g/mol. The van der Waals surface area contributed by atoms with Crippen LogP contribution in [-0.2, 0) is 4.79 Å². The molecule has 1 aliphatic heterocycles. The van der Waals surface area contributed by atoms with Crippen LogP contribution in [-0.4, -0.2) is 26.4 Å². The normalized spacial score (nSPS) is 15.9. The van der Waals surface area contributed by atoms with Crippen molar-refractivity contribution in [3.05, 3.63) is 78.7 Å². The molecule has 1 saturated heterocycles.